The topological polar surface area (TPSA) is 49.3 Å². The van der Waals surface area contributed by atoms with Gasteiger partial charge in [0.25, 0.3) is 0 Å². The molecule has 0 spiro atoms. The minimum absolute atomic E-state index is 0.0696. The van der Waals surface area contributed by atoms with Crippen molar-refractivity contribution in [2.24, 2.45) is 5.92 Å². The Kier molecular flexibility index (Phi) is 5.26. The number of carbonyl (C=O) groups is 1. The van der Waals surface area contributed by atoms with Gasteiger partial charge in [-0.15, -0.1) is 0 Å². The molecule has 1 saturated carbocycles. The Morgan fingerprint density at radius 1 is 1.44 bits per heavy atom. The lowest BCUT2D eigenvalue weighted by atomic mass is 9.87. The Balaban J connectivity index is 2.26. The van der Waals surface area contributed by atoms with E-state index in [1.807, 2.05) is 6.92 Å². The van der Waals surface area contributed by atoms with Crippen LogP contribution in [0, 0.1) is 5.92 Å². The van der Waals surface area contributed by atoms with Gasteiger partial charge in [-0.1, -0.05) is 26.2 Å². The van der Waals surface area contributed by atoms with Gasteiger partial charge in [0.05, 0.1) is 5.60 Å². The van der Waals surface area contributed by atoms with Gasteiger partial charge < -0.3 is 10.4 Å². The molecule has 1 fully saturated rings. The van der Waals surface area contributed by atoms with Gasteiger partial charge in [0.2, 0.25) is 5.91 Å². The van der Waals surface area contributed by atoms with Gasteiger partial charge in [0, 0.05) is 13.0 Å². The number of hydrogen-bond donors (Lipinski definition) is 2. The van der Waals surface area contributed by atoms with Crippen LogP contribution in [0.25, 0.3) is 0 Å². The van der Waals surface area contributed by atoms with Crippen LogP contribution >= 0.6 is 0 Å². The lowest BCUT2D eigenvalue weighted by Gasteiger charge is -2.30. The molecule has 0 aromatic carbocycles. The van der Waals surface area contributed by atoms with E-state index < -0.39 is 5.60 Å². The molecule has 0 saturated heterocycles. The fourth-order valence-corrected chi connectivity index (χ4v) is 2.40. The summed E-state index contributed by atoms with van der Waals surface area (Å²) in [6, 6.07) is 0. The summed E-state index contributed by atoms with van der Waals surface area (Å²) >= 11 is 0. The molecule has 1 rings (SSSR count). The van der Waals surface area contributed by atoms with Crippen molar-refractivity contribution >= 4 is 5.91 Å². The van der Waals surface area contributed by atoms with Crippen LogP contribution in [0.4, 0.5) is 0 Å². The first kappa shape index (κ1) is 13.5. The first-order valence-corrected chi connectivity index (χ1v) is 6.55. The van der Waals surface area contributed by atoms with Crippen molar-refractivity contribution in [2.75, 3.05) is 6.54 Å². The monoisotopic (exact) mass is 227 g/mol. The highest BCUT2D eigenvalue weighted by Crippen LogP contribution is 2.33. The number of carbonyl (C=O) groups excluding carboxylic acids is 1. The lowest BCUT2D eigenvalue weighted by Crippen LogP contribution is -2.45. The second kappa shape index (κ2) is 6.24. The Bertz CT molecular complexity index is 220. The molecule has 0 radical (unpaired) electrons. The van der Waals surface area contributed by atoms with Gasteiger partial charge in [0.15, 0.2) is 0 Å². The van der Waals surface area contributed by atoms with E-state index in [-0.39, 0.29) is 5.91 Å². The maximum Gasteiger partial charge on any atom is 0.220 e. The SMILES string of the molecule is CCCCC(=O)NC[C@](C)(O)C1CCCC1. The van der Waals surface area contributed by atoms with E-state index in [1.54, 1.807) is 0 Å². The van der Waals surface area contributed by atoms with Gasteiger partial charge in [-0.3, -0.25) is 4.79 Å². The quantitative estimate of drug-likeness (QED) is 0.731. The van der Waals surface area contributed by atoms with Crippen LogP contribution in [-0.2, 0) is 4.79 Å². The maximum atomic E-state index is 11.4. The standard InChI is InChI=1S/C13H25NO2/c1-3-4-9-12(15)14-10-13(2,16)11-7-5-6-8-11/h11,16H,3-10H2,1-2H3,(H,14,15)/t13-/m0/s1. The molecule has 0 heterocycles. The second-order valence-corrected chi connectivity index (χ2v) is 5.22. The molecule has 16 heavy (non-hydrogen) atoms. The highest BCUT2D eigenvalue weighted by molar-refractivity contribution is 5.75. The average Bonchev–Trinajstić information content (AvgIpc) is 2.77. The number of nitrogens with one attached hydrogen (secondary N) is 1. The summed E-state index contributed by atoms with van der Waals surface area (Å²) in [5, 5.41) is 13.1. The average molecular weight is 227 g/mol. The van der Waals surface area contributed by atoms with Gasteiger partial charge in [-0.25, -0.2) is 0 Å². The first-order valence-electron chi connectivity index (χ1n) is 6.55. The van der Waals surface area contributed by atoms with Crippen molar-refractivity contribution in [3.8, 4) is 0 Å². The molecular formula is C13H25NO2. The zero-order valence-corrected chi connectivity index (χ0v) is 10.6. The van der Waals surface area contributed by atoms with Crippen molar-refractivity contribution in [2.45, 2.75) is 64.4 Å². The molecule has 0 aliphatic heterocycles. The zero-order chi connectivity index (χ0) is 12.0. The van der Waals surface area contributed by atoms with Crippen LogP contribution in [0.5, 0.6) is 0 Å². The summed E-state index contributed by atoms with van der Waals surface area (Å²) in [6.45, 7) is 4.32. The molecule has 3 nitrogen and oxygen atoms in total. The number of unbranched alkanes of at least 4 members (excludes halogenated alkanes) is 1. The molecule has 1 aliphatic rings. The van der Waals surface area contributed by atoms with Crippen molar-refractivity contribution in [1.29, 1.82) is 0 Å². The normalized spacial score (nSPS) is 20.7. The predicted octanol–water partition coefficient (Wildman–Crippen LogP) is 2.23. The van der Waals surface area contributed by atoms with Gasteiger partial charge in [-0.2, -0.15) is 0 Å². The van der Waals surface area contributed by atoms with Gasteiger partial charge in [-0.05, 0) is 32.1 Å². The zero-order valence-electron chi connectivity index (χ0n) is 10.6. The number of aliphatic hydroxyl groups is 1. The molecule has 0 bridgehead atoms. The Morgan fingerprint density at radius 2 is 2.06 bits per heavy atom. The smallest absolute Gasteiger partial charge is 0.220 e. The summed E-state index contributed by atoms with van der Waals surface area (Å²) < 4.78 is 0. The highest BCUT2D eigenvalue weighted by atomic mass is 16.3. The molecule has 2 N–H and O–H groups in total. The molecule has 0 aromatic heterocycles. The largest absolute Gasteiger partial charge is 0.388 e. The number of hydrogen-bond acceptors (Lipinski definition) is 2. The molecular weight excluding hydrogens is 202 g/mol. The van der Waals surface area contributed by atoms with Crippen LogP contribution in [-0.4, -0.2) is 23.2 Å². The molecule has 3 heteroatoms. The van der Waals surface area contributed by atoms with Crippen molar-refractivity contribution in [3.63, 3.8) is 0 Å². The van der Waals surface area contributed by atoms with Gasteiger partial charge >= 0.3 is 0 Å². The molecule has 1 atom stereocenters. The van der Waals surface area contributed by atoms with Crippen molar-refractivity contribution in [1.82, 2.24) is 5.32 Å². The minimum atomic E-state index is -0.724. The maximum absolute atomic E-state index is 11.4. The summed E-state index contributed by atoms with van der Waals surface area (Å²) in [7, 11) is 0. The van der Waals surface area contributed by atoms with E-state index in [2.05, 4.69) is 12.2 Å². The minimum Gasteiger partial charge on any atom is -0.388 e. The fourth-order valence-electron chi connectivity index (χ4n) is 2.40. The van der Waals surface area contributed by atoms with Crippen LogP contribution in [0.1, 0.15) is 58.8 Å². The molecule has 0 unspecified atom stereocenters. The Labute approximate surface area is 98.6 Å². The van der Waals surface area contributed by atoms with Crippen LogP contribution < -0.4 is 5.32 Å². The van der Waals surface area contributed by atoms with Crippen LogP contribution in [0.15, 0.2) is 0 Å². The molecule has 94 valence electrons. The van der Waals surface area contributed by atoms with Crippen LogP contribution in [0.3, 0.4) is 0 Å². The van der Waals surface area contributed by atoms with Gasteiger partial charge in [0.1, 0.15) is 0 Å². The van der Waals surface area contributed by atoms with E-state index in [9.17, 15) is 9.90 Å². The lowest BCUT2D eigenvalue weighted by molar-refractivity contribution is -0.122. The second-order valence-electron chi connectivity index (χ2n) is 5.22. The molecule has 1 amide bonds. The first-order chi connectivity index (χ1) is 7.56. The highest BCUT2D eigenvalue weighted by Gasteiger charge is 2.33. The Morgan fingerprint density at radius 3 is 2.62 bits per heavy atom. The Hall–Kier alpha value is -0.570. The van der Waals surface area contributed by atoms with E-state index in [4.69, 9.17) is 0 Å². The van der Waals surface area contributed by atoms with E-state index in [1.165, 1.54) is 12.8 Å². The number of rotatable bonds is 6. The third-order valence-electron chi connectivity index (χ3n) is 3.64. The van der Waals surface area contributed by atoms with Crippen molar-refractivity contribution < 1.29 is 9.90 Å². The molecule has 1 aliphatic carbocycles. The summed E-state index contributed by atoms with van der Waals surface area (Å²) in [5.74, 6) is 0.430. The summed E-state index contributed by atoms with van der Waals surface area (Å²) in [4.78, 5) is 11.4. The van der Waals surface area contributed by atoms with E-state index in [0.29, 0.717) is 18.9 Å². The summed E-state index contributed by atoms with van der Waals surface area (Å²) in [6.07, 6.45) is 7.16. The third kappa shape index (κ3) is 4.12. The molecule has 0 aromatic rings. The predicted molar refractivity (Wildman–Crippen MR) is 65.1 cm³/mol. The van der Waals surface area contributed by atoms with E-state index in [0.717, 1.165) is 25.7 Å². The third-order valence-corrected chi connectivity index (χ3v) is 3.64. The van der Waals surface area contributed by atoms with E-state index >= 15 is 0 Å². The fraction of sp³-hybridized carbons (Fsp3) is 0.923. The number of amides is 1. The van der Waals surface area contributed by atoms with Crippen molar-refractivity contribution in [3.05, 3.63) is 0 Å². The van der Waals surface area contributed by atoms with Crippen LogP contribution in [0.2, 0.25) is 0 Å². The summed E-state index contributed by atoms with van der Waals surface area (Å²) in [5.41, 5.74) is -0.724.